The molecule has 3 rings (SSSR count). The zero-order chi connectivity index (χ0) is 15.5. The van der Waals surface area contributed by atoms with Crippen molar-refractivity contribution in [2.45, 2.75) is 18.9 Å². The molecule has 1 aromatic heterocycles. The second-order valence-electron chi connectivity index (χ2n) is 5.26. The minimum Gasteiger partial charge on any atom is -0.497 e. The summed E-state index contributed by atoms with van der Waals surface area (Å²) in [4.78, 5) is 16.7. The second-order valence-corrected chi connectivity index (χ2v) is 5.26. The van der Waals surface area contributed by atoms with E-state index < -0.39 is 4.92 Å². The smallest absolute Gasteiger partial charge is 0.287 e. The number of benzene rings is 1. The molecule has 1 fully saturated rings. The number of anilines is 1. The maximum atomic E-state index is 10.7. The molecule has 22 heavy (non-hydrogen) atoms. The average molecular weight is 299 g/mol. The van der Waals surface area contributed by atoms with Gasteiger partial charge in [-0.3, -0.25) is 10.1 Å². The third-order valence-electron chi connectivity index (χ3n) is 3.99. The highest BCUT2D eigenvalue weighted by Gasteiger charge is 2.27. The predicted molar refractivity (Wildman–Crippen MR) is 83.2 cm³/mol. The largest absolute Gasteiger partial charge is 0.497 e. The maximum absolute atomic E-state index is 10.7. The standard InChI is InChI=1S/C16H17N3O3/c1-22-14-7-4-12(5-8-14)15-3-2-10-18(15)16-9-6-13(11-17-16)19(20)21/h4-9,11,15H,2-3,10H2,1H3/t15-/m0/s1. The summed E-state index contributed by atoms with van der Waals surface area (Å²) in [7, 11) is 1.65. The molecule has 1 aromatic carbocycles. The van der Waals surface area contributed by atoms with Crippen molar-refractivity contribution in [3.63, 3.8) is 0 Å². The first-order chi connectivity index (χ1) is 10.7. The van der Waals surface area contributed by atoms with E-state index in [1.54, 1.807) is 13.2 Å². The van der Waals surface area contributed by atoms with E-state index in [-0.39, 0.29) is 11.7 Å². The lowest BCUT2D eigenvalue weighted by molar-refractivity contribution is -0.385. The van der Waals surface area contributed by atoms with E-state index in [1.807, 2.05) is 12.1 Å². The molecule has 1 aliphatic heterocycles. The Morgan fingerprint density at radius 2 is 2.05 bits per heavy atom. The van der Waals surface area contributed by atoms with Crippen LogP contribution in [0.2, 0.25) is 0 Å². The van der Waals surface area contributed by atoms with E-state index >= 15 is 0 Å². The minimum absolute atomic E-state index is 0.0175. The van der Waals surface area contributed by atoms with Crippen LogP contribution in [0.15, 0.2) is 42.6 Å². The van der Waals surface area contributed by atoms with Crippen molar-refractivity contribution < 1.29 is 9.66 Å². The molecule has 2 aromatic rings. The van der Waals surface area contributed by atoms with Gasteiger partial charge >= 0.3 is 0 Å². The summed E-state index contributed by atoms with van der Waals surface area (Å²) in [6.07, 6.45) is 3.44. The van der Waals surface area contributed by atoms with Gasteiger partial charge in [-0.25, -0.2) is 4.98 Å². The molecule has 0 radical (unpaired) electrons. The molecule has 0 bridgehead atoms. The van der Waals surface area contributed by atoms with E-state index in [1.165, 1.54) is 17.8 Å². The Bertz CT molecular complexity index is 655. The summed E-state index contributed by atoms with van der Waals surface area (Å²) < 4.78 is 5.19. The Labute approximate surface area is 128 Å². The van der Waals surface area contributed by atoms with Gasteiger partial charge in [0.05, 0.1) is 18.1 Å². The highest BCUT2D eigenvalue weighted by molar-refractivity contribution is 5.47. The molecule has 0 aliphatic carbocycles. The Balaban J connectivity index is 1.84. The molecule has 6 heteroatoms. The Hall–Kier alpha value is -2.63. The summed E-state index contributed by atoms with van der Waals surface area (Å²) in [6.45, 7) is 0.904. The topological polar surface area (TPSA) is 68.5 Å². The van der Waals surface area contributed by atoms with Crippen molar-refractivity contribution >= 4 is 11.5 Å². The van der Waals surface area contributed by atoms with Gasteiger partial charge in [0.15, 0.2) is 0 Å². The molecular weight excluding hydrogens is 282 g/mol. The van der Waals surface area contributed by atoms with Gasteiger partial charge in [0, 0.05) is 12.6 Å². The van der Waals surface area contributed by atoms with E-state index in [9.17, 15) is 10.1 Å². The molecule has 0 amide bonds. The quantitative estimate of drug-likeness (QED) is 0.639. The Kier molecular flexibility index (Phi) is 3.91. The zero-order valence-corrected chi connectivity index (χ0v) is 12.3. The lowest BCUT2D eigenvalue weighted by Gasteiger charge is -2.26. The number of ether oxygens (including phenoxy) is 1. The third-order valence-corrected chi connectivity index (χ3v) is 3.99. The predicted octanol–water partition coefficient (Wildman–Crippen LogP) is 3.34. The molecule has 1 saturated heterocycles. The fourth-order valence-corrected chi connectivity index (χ4v) is 2.87. The molecule has 0 spiro atoms. The van der Waals surface area contributed by atoms with E-state index in [2.05, 4.69) is 22.0 Å². The summed E-state index contributed by atoms with van der Waals surface area (Å²) in [5.41, 5.74) is 1.22. The molecule has 2 heterocycles. The van der Waals surface area contributed by atoms with Crippen LogP contribution < -0.4 is 9.64 Å². The normalized spacial score (nSPS) is 17.5. The lowest BCUT2D eigenvalue weighted by Crippen LogP contribution is -2.23. The highest BCUT2D eigenvalue weighted by Crippen LogP contribution is 2.36. The van der Waals surface area contributed by atoms with Gasteiger partial charge in [0.2, 0.25) is 0 Å². The van der Waals surface area contributed by atoms with Crippen LogP contribution in [-0.2, 0) is 0 Å². The number of nitro groups is 1. The van der Waals surface area contributed by atoms with E-state index in [4.69, 9.17) is 4.74 Å². The molecule has 0 unspecified atom stereocenters. The van der Waals surface area contributed by atoms with Crippen LogP contribution in [0.1, 0.15) is 24.4 Å². The third kappa shape index (κ3) is 2.72. The SMILES string of the molecule is COc1ccc([C@@H]2CCCN2c2ccc([N+](=O)[O-])cn2)cc1. The summed E-state index contributed by atoms with van der Waals surface area (Å²) in [6, 6.07) is 11.5. The minimum atomic E-state index is -0.429. The fourth-order valence-electron chi connectivity index (χ4n) is 2.87. The van der Waals surface area contributed by atoms with Gasteiger partial charge in [-0.2, -0.15) is 0 Å². The summed E-state index contributed by atoms with van der Waals surface area (Å²) in [5, 5.41) is 10.7. The lowest BCUT2D eigenvalue weighted by atomic mass is 10.0. The number of methoxy groups -OCH3 is 1. The number of hydrogen-bond donors (Lipinski definition) is 0. The van der Waals surface area contributed by atoms with Crippen molar-refractivity contribution in [1.82, 2.24) is 4.98 Å². The van der Waals surface area contributed by atoms with Crippen LogP contribution in [0.5, 0.6) is 5.75 Å². The van der Waals surface area contributed by atoms with Gasteiger partial charge in [0.25, 0.3) is 5.69 Å². The molecule has 114 valence electrons. The van der Waals surface area contributed by atoms with Gasteiger partial charge in [-0.15, -0.1) is 0 Å². The van der Waals surface area contributed by atoms with Gasteiger partial charge in [0.1, 0.15) is 17.8 Å². The number of aromatic nitrogens is 1. The fraction of sp³-hybridized carbons (Fsp3) is 0.312. The first-order valence-electron chi connectivity index (χ1n) is 7.20. The second kappa shape index (κ2) is 6.01. The summed E-state index contributed by atoms with van der Waals surface area (Å²) >= 11 is 0. The molecule has 0 saturated carbocycles. The molecular formula is C16H17N3O3. The van der Waals surface area contributed by atoms with Gasteiger partial charge in [-0.1, -0.05) is 12.1 Å². The molecule has 1 aliphatic rings. The van der Waals surface area contributed by atoms with E-state index in [0.717, 1.165) is 31.0 Å². The first-order valence-corrected chi connectivity index (χ1v) is 7.20. The van der Waals surface area contributed by atoms with Crippen molar-refractivity contribution in [2.75, 3.05) is 18.6 Å². The number of rotatable bonds is 4. The van der Waals surface area contributed by atoms with Crippen LogP contribution in [0.4, 0.5) is 11.5 Å². The molecule has 1 atom stereocenters. The average Bonchev–Trinajstić information content (AvgIpc) is 3.04. The first kappa shape index (κ1) is 14.3. The van der Waals surface area contributed by atoms with Crippen LogP contribution in [0.3, 0.4) is 0 Å². The van der Waals surface area contributed by atoms with Gasteiger partial charge in [-0.05, 0) is 36.6 Å². The van der Waals surface area contributed by atoms with Crippen LogP contribution in [0, 0.1) is 10.1 Å². The van der Waals surface area contributed by atoms with E-state index in [0.29, 0.717) is 0 Å². The monoisotopic (exact) mass is 299 g/mol. The van der Waals surface area contributed by atoms with Crippen LogP contribution in [0.25, 0.3) is 0 Å². The number of hydrogen-bond acceptors (Lipinski definition) is 5. The van der Waals surface area contributed by atoms with Crippen molar-refractivity contribution in [1.29, 1.82) is 0 Å². The maximum Gasteiger partial charge on any atom is 0.287 e. The number of pyridine rings is 1. The van der Waals surface area contributed by atoms with Crippen LogP contribution in [-0.4, -0.2) is 23.6 Å². The molecule has 6 nitrogen and oxygen atoms in total. The Morgan fingerprint density at radius 3 is 2.64 bits per heavy atom. The molecule has 0 N–H and O–H groups in total. The van der Waals surface area contributed by atoms with Crippen molar-refractivity contribution in [2.24, 2.45) is 0 Å². The van der Waals surface area contributed by atoms with Crippen molar-refractivity contribution in [3.05, 3.63) is 58.3 Å². The summed E-state index contributed by atoms with van der Waals surface area (Å²) in [5.74, 6) is 1.62. The zero-order valence-electron chi connectivity index (χ0n) is 12.3. The van der Waals surface area contributed by atoms with Crippen molar-refractivity contribution in [3.8, 4) is 5.75 Å². The Morgan fingerprint density at radius 1 is 1.27 bits per heavy atom. The number of nitrogens with zero attached hydrogens (tertiary/aromatic N) is 3. The van der Waals surface area contributed by atoms with Gasteiger partial charge < -0.3 is 9.64 Å². The highest BCUT2D eigenvalue weighted by atomic mass is 16.6. The van der Waals surface area contributed by atoms with Crippen LogP contribution >= 0.6 is 0 Å².